The fraction of sp³-hybridized carbons (Fsp3) is 0.125. The molecule has 5 nitrogen and oxygen atoms in total. The van der Waals surface area contributed by atoms with E-state index < -0.39 is 0 Å². The van der Waals surface area contributed by atoms with Crippen molar-refractivity contribution in [2.45, 2.75) is 0 Å². The fourth-order valence-electron chi connectivity index (χ4n) is 1.83. The third kappa shape index (κ3) is 3.60. The molecule has 0 aliphatic heterocycles. The van der Waals surface area contributed by atoms with Gasteiger partial charge in [0, 0.05) is 23.9 Å². The zero-order valence-corrected chi connectivity index (χ0v) is 11.8. The Labute approximate surface area is 122 Å². The van der Waals surface area contributed by atoms with Gasteiger partial charge in [0.2, 0.25) is 0 Å². The highest BCUT2D eigenvalue weighted by Crippen LogP contribution is 2.15. The number of methoxy groups -OCH3 is 1. The van der Waals surface area contributed by atoms with Crippen LogP contribution in [0.15, 0.2) is 48.5 Å². The Morgan fingerprint density at radius 1 is 0.952 bits per heavy atom. The number of anilines is 1. The molecule has 0 aromatic heterocycles. The van der Waals surface area contributed by atoms with Gasteiger partial charge >= 0.3 is 0 Å². The molecule has 0 saturated carbocycles. The zero-order chi connectivity index (χ0) is 15.2. The van der Waals surface area contributed by atoms with Crippen LogP contribution in [0.2, 0.25) is 0 Å². The van der Waals surface area contributed by atoms with Crippen LogP contribution in [0.5, 0.6) is 5.75 Å². The van der Waals surface area contributed by atoms with E-state index in [0.29, 0.717) is 22.6 Å². The van der Waals surface area contributed by atoms with Crippen molar-refractivity contribution < 1.29 is 14.3 Å². The summed E-state index contributed by atoms with van der Waals surface area (Å²) in [6.07, 6.45) is 0. The molecule has 0 bridgehead atoms. The lowest BCUT2D eigenvalue weighted by molar-refractivity contribution is 0.0961. The van der Waals surface area contributed by atoms with Gasteiger partial charge < -0.3 is 15.4 Å². The number of carbonyl (C=O) groups excluding carboxylic acids is 2. The van der Waals surface area contributed by atoms with Crippen LogP contribution in [0.4, 0.5) is 5.69 Å². The zero-order valence-electron chi connectivity index (χ0n) is 11.8. The molecule has 2 aromatic carbocycles. The van der Waals surface area contributed by atoms with Gasteiger partial charge in [0.15, 0.2) is 0 Å². The van der Waals surface area contributed by atoms with Crippen LogP contribution in [-0.2, 0) is 0 Å². The first-order valence-electron chi connectivity index (χ1n) is 6.41. The highest BCUT2D eigenvalue weighted by molar-refractivity contribution is 6.05. The number of amides is 2. The lowest BCUT2D eigenvalue weighted by atomic mass is 10.1. The number of carbonyl (C=O) groups is 2. The van der Waals surface area contributed by atoms with Crippen LogP contribution in [0.1, 0.15) is 20.7 Å². The van der Waals surface area contributed by atoms with Crippen molar-refractivity contribution >= 4 is 17.5 Å². The molecule has 108 valence electrons. The van der Waals surface area contributed by atoms with E-state index in [1.807, 2.05) is 0 Å². The first-order valence-corrected chi connectivity index (χ1v) is 6.41. The van der Waals surface area contributed by atoms with Gasteiger partial charge in [-0.05, 0) is 42.5 Å². The van der Waals surface area contributed by atoms with E-state index in [-0.39, 0.29) is 11.8 Å². The van der Waals surface area contributed by atoms with Crippen molar-refractivity contribution in [3.05, 3.63) is 59.7 Å². The molecular weight excluding hydrogens is 268 g/mol. The molecule has 21 heavy (non-hydrogen) atoms. The molecule has 0 saturated heterocycles. The summed E-state index contributed by atoms with van der Waals surface area (Å²) in [6.45, 7) is 0. The average Bonchev–Trinajstić information content (AvgIpc) is 2.54. The third-order valence-electron chi connectivity index (χ3n) is 2.96. The van der Waals surface area contributed by atoms with E-state index in [1.54, 1.807) is 62.7 Å². The second-order valence-electron chi connectivity index (χ2n) is 4.34. The molecule has 0 heterocycles. The molecule has 5 heteroatoms. The van der Waals surface area contributed by atoms with Gasteiger partial charge in [0.05, 0.1) is 7.11 Å². The molecule has 0 unspecified atom stereocenters. The maximum Gasteiger partial charge on any atom is 0.255 e. The number of hydrogen-bond donors (Lipinski definition) is 2. The second-order valence-corrected chi connectivity index (χ2v) is 4.34. The van der Waals surface area contributed by atoms with Gasteiger partial charge in [-0.25, -0.2) is 0 Å². The molecule has 2 aromatic rings. The SMILES string of the molecule is CNC(=O)c1cccc(NC(=O)c2ccc(OC)cc2)c1. The summed E-state index contributed by atoms with van der Waals surface area (Å²) in [7, 11) is 3.13. The molecule has 2 rings (SSSR count). The predicted octanol–water partition coefficient (Wildman–Crippen LogP) is 2.31. The van der Waals surface area contributed by atoms with E-state index in [2.05, 4.69) is 10.6 Å². The van der Waals surface area contributed by atoms with E-state index in [9.17, 15) is 9.59 Å². The van der Waals surface area contributed by atoms with Crippen LogP contribution in [-0.4, -0.2) is 26.0 Å². The van der Waals surface area contributed by atoms with Crippen LogP contribution >= 0.6 is 0 Å². The first-order chi connectivity index (χ1) is 10.1. The highest BCUT2D eigenvalue weighted by Gasteiger charge is 2.08. The van der Waals surface area contributed by atoms with E-state index in [4.69, 9.17) is 4.74 Å². The topological polar surface area (TPSA) is 67.4 Å². The lowest BCUT2D eigenvalue weighted by Crippen LogP contribution is -2.18. The molecule has 0 aliphatic carbocycles. The van der Waals surface area contributed by atoms with Crippen molar-refractivity contribution in [1.29, 1.82) is 0 Å². The van der Waals surface area contributed by atoms with E-state index >= 15 is 0 Å². The summed E-state index contributed by atoms with van der Waals surface area (Å²) in [5, 5.41) is 5.30. The van der Waals surface area contributed by atoms with Crippen LogP contribution in [0, 0.1) is 0 Å². The van der Waals surface area contributed by atoms with E-state index in [0.717, 1.165) is 0 Å². The Morgan fingerprint density at radius 3 is 2.29 bits per heavy atom. The highest BCUT2D eigenvalue weighted by atomic mass is 16.5. The summed E-state index contributed by atoms with van der Waals surface area (Å²) < 4.78 is 5.05. The molecular formula is C16H16N2O3. The minimum Gasteiger partial charge on any atom is -0.497 e. The van der Waals surface area contributed by atoms with E-state index in [1.165, 1.54) is 0 Å². The Hall–Kier alpha value is -2.82. The lowest BCUT2D eigenvalue weighted by Gasteiger charge is -2.07. The molecule has 0 aliphatic rings. The maximum atomic E-state index is 12.1. The number of hydrogen-bond acceptors (Lipinski definition) is 3. The van der Waals surface area contributed by atoms with Crippen LogP contribution in [0.3, 0.4) is 0 Å². The van der Waals surface area contributed by atoms with Crippen molar-refractivity contribution in [2.75, 3.05) is 19.5 Å². The van der Waals surface area contributed by atoms with Crippen molar-refractivity contribution in [3.8, 4) is 5.75 Å². The van der Waals surface area contributed by atoms with Crippen LogP contribution < -0.4 is 15.4 Å². The number of benzene rings is 2. The summed E-state index contributed by atoms with van der Waals surface area (Å²) in [5.74, 6) is 0.246. The summed E-state index contributed by atoms with van der Waals surface area (Å²) >= 11 is 0. The van der Waals surface area contributed by atoms with Crippen LogP contribution in [0.25, 0.3) is 0 Å². The predicted molar refractivity (Wildman–Crippen MR) is 80.8 cm³/mol. The quantitative estimate of drug-likeness (QED) is 0.905. The number of nitrogens with one attached hydrogen (secondary N) is 2. The smallest absolute Gasteiger partial charge is 0.255 e. The molecule has 0 atom stereocenters. The van der Waals surface area contributed by atoms with Gasteiger partial charge in [0.1, 0.15) is 5.75 Å². The first kappa shape index (κ1) is 14.6. The average molecular weight is 284 g/mol. The van der Waals surface area contributed by atoms with Crippen molar-refractivity contribution in [3.63, 3.8) is 0 Å². The molecule has 2 amide bonds. The van der Waals surface area contributed by atoms with Gasteiger partial charge in [0.25, 0.3) is 11.8 Å². The molecule has 0 fully saturated rings. The van der Waals surface area contributed by atoms with Gasteiger partial charge in [-0.2, -0.15) is 0 Å². The Bertz CT molecular complexity index is 651. The standard InChI is InChI=1S/C16H16N2O3/c1-17-15(19)12-4-3-5-13(10-12)18-16(20)11-6-8-14(21-2)9-7-11/h3-10H,1-2H3,(H,17,19)(H,18,20). The third-order valence-corrected chi connectivity index (χ3v) is 2.96. The number of rotatable bonds is 4. The summed E-state index contributed by atoms with van der Waals surface area (Å²) in [4.78, 5) is 23.7. The second kappa shape index (κ2) is 6.56. The largest absolute Gasteiger partial charge is 0.497 e. The molecule has 0 spiro atoms. The van der Waals surface area contributed by atoms with Gasteiger partial charge in [-0.3, -0.25) is 9.59 Å². The van der Waals surface area contributed by atoms with Gasteiger partial charge in [-0.15, -0.1) is 0 Å². The monoisotopic (exact) mass is 284 g/mol. The maximum absolute atomic E-state index is 12.1. The summed E-state index contributed by atoms with van der Waals surface area (Å²) in [6, 6.07) is 13.5. The summed E-state index contributed by atoms with van der Waals surface area (Å²) in [5.41, 5.74) is 1.57. The normalized spacial score (nSPS) is 9.81. The molecule has 0 radical (unpaired) electrons. The van der Waals surface area contributed by atoms with Crippen molar-refractivity contribution in [2.24, 2.45) is 0 Å². The van der Waals surface area contributed by atoms with Crippen molar-refractivity contribution in [1.82, 2.24) is 5.32 Å². The van der Waals surface area contributed by atoms with Gasteiger partial charge in [-0.1, -0.05) is 6.07 Å². The minimum atomic E-state index is -0.244. The Kier molecular flexibility index (Phi) is 4.56. The Morgan fingerprint density at radius 2 is 1.67 bits per heavy atom. The number of ether oxygens (including phenoxy) is 1. The minimum absolute atomic E-state index is 0.199. The Balaban J connectivity index is 2.13. The molecule has 2 N–H and O–H groups in total. The fourth-order valence-corrected chi connectivity index (χ4v) is 1.83.